The Balaban J connectivity index is 2.14. The molecule has 2 heterocycles. The average Bonchev–Trinajstić information content (AvgIpc) is 2.81. The summed E-state index contributed by atoms with van der Waals surface area (Å²) in [5.41, 5.74) is 0.434. The van der Waals surface area contributed by atoms with E-state index in [9.17, 15) is 4.79 Å². The Bertz CT molecular complexity index is 830. The molecule has 0 saturated carbocycles. The van der Waals surface area contributed by atoms with Crippen LogP contribution in [0, 0.1) is 0 Å². The fraction of sp³-hybridized carbons (Fsp3) is 0.316. The predicted octanol–water partition coefficient (Wildman–Crippen LogP) is 3.35. The minimum atomic E-state index is -3.26. The number of carbonyl (C=O) groups excluding carboxylic acids is 1. The van der Waals surface area contributed by atoms with Gasteiger partial charge in [-0.2, -0.15) is 0 Å². The van der Waals surface area contributed by atoms with Crippen molar-refractivity contribution in [1.82, 2.24) is 5.09 Å². The van der Waals surface area contributed by atoms with Gasteiger partial charge in [0.15, 0.2) is 0 Å². The summed E-state index contributed by atoms with van der Waals surface area (Å²) >= 11 is 0. The van der Waals surface area contributed by atoms with Gasteiger partial charge in [0.2, 0.25) is 0 Å². The molecule has 2 aliphatic rings. The van der Waals surface area contributed by atoms with Crippen LogP contribution in [0.1, 0.15) is 38.1 Å². The molecule has 4 heteroatoms. The van der Waals surface area contributed by atoms with Crippen molar-refractivity contribution in [2.45, 2.75) is 38.5 Å². The predicted molar refractivity (Wildman–Crippen MR) is 95.8 cm³/mol. The first-order valence-corrected chi connectivity index (χ1v) is 10.1. The van der Waals surface area contributed by atoms with Crippen molar-refractivity contribution in [2.75, 3.05) is 0 Å². The fourth-order valence-corrected chi connectivity index (χ4v) is 11.2. The molecule has 2 aromatic rings. The molecule has 2 aliphatic heterocycles. The first-order valence-electron chi connectivity index (χ1n) is 7.97. The molecule has 3 nitrogen and oxygen atoms in total. The molecule has 2 aromatic carbocycles. The summed E-state index contributed by atoms with van der Waals surface area (Å²) in [5.74, 6) is -0.0225. The third-order valence-corrected chi connectivity index (χ3v) is 12.8. The van der Waals surface area contributed by atoms with E-state index in [1.165, 1.54) is 0 Å². The van der Waals surface area contributed by atoms with Gasteiger partial charge >= 0.3 is 137 Å². The van der Waals surface area contributed by atoms with E-state index in [1.54, 1.807) is 0 Å². The van der Waals surface area contributed by atoms with Crippen molar-refractivity contribution in [2.24, 2.45) is 0 Å². The molecule has 0 aromatic heterocycles. The maximum atomic E-state index is 12.8. The number of fused-ring (bicyclic) bond motifs is 2. The number of hydrogen-bond acceptors (Lipinski definition) is 2. The maximum absolute atomic E-state index is 12.8. The molecule has 0 bridgehead atoms. The molecule has 0 aliphatic carbocycles. The molecule has 0 radical (unpaired) electrons. The van der Waals surface area contributed by atoms with Gasteiger partial charge in [0.25, 0.3) is 0 Å². The summed E-state index contributed by atoms with van der Waals surface area (Å²) in [4.78, 5) is 12.8. The van der Waals surface area contributed by atoms with Crippen LogP contribution in [0.5, 0.6) is 0 Å². The minimum absolute atomic E-state index is 0.0225. The number of hydrogen-bond donors (Lipinski definition) is 1. The summed E-state index contributed by atoms with van der Waals surface area (Å²) in [7, 11) is 0. The third-order valence-electron chi connectivity index (χ3n) is 6.12. The van der Waals surface area contributed by atoms with Crippen molar-refractivity contribution in [3.05, 3.63) is 60.2 Å². The van der Waals surface area contributed by atoms with E-state index in [4.69, 9.17) is 4.52 Å². The molecule has 1 N–H and O–H groups in total. The Morgan fingerprint density at radius 1 is 0.913 bits per heavy atom. The zero-order valence-electron chi connectivity index (χ0n) is 14.0. The third kappa shape index (κ3) is 1.34. The van der Waals surface area contributed by atoms with Gasteiger partial charge in [-0.05, 0) is 0 Å². The summed E-state index contributed by atoms with van der Waals surface area (Å²) in [6.07, 6.45) is 0. The van der Waals surface area contributed by atoms with Crippen LogP contribution in [0.3, 0.4) is 0 Å². The summed E-state index contributed by atoms with van der Waals surface area (Å²) < 4.78 is 6.76. The molecule has 1 fully saturated rings. The van der Waals surface area contributed by atoms with Crippen LogP contribution >= 0.6 is 6.98 Å². The molecule has 120 valence electrons. The average molecular weight is 327 g/mol. The van der Waals surface area contributed by atoms with Gasteiger partial charge in [-0.3, -0.25) is 0 Å². The summed E-state index contributed by atoms with van der Waals surface area (Å²) in [5, 5.41) is 5.31. The Kier molecular flexibility index (Phi) is 2.61. The number of nitrogens with one attached hydrogen (secondary N) is 1. The zero-order valence-corrected chi connectivity index (χ0v) is 14.9. The van der Waals surface area contributed by atoms with Crippen molar-refractivity contribution < 1.29 is 9.32 Å². The second-order valence-corrected chi connectivity index (χ2v) is 12.1. The van der Waals surface area contributed by atoms with E-state index in [2.05, 4.69) is 51.0 Å². The van der Waals surface area contributed by atoms with Gasteiger partial charge < -0.3 is 0 Å². The van der Waals surface area contributed by atoms with Gasteiger partial charge in [-0.1, -0.05) is 0 Å². The molecular weight excluding hydrogens is 305 g/mol. The number of carbonyl (C=O) groups is 1. The summed E-state index contributed by atoms with van der Waals surface area (Å²) in [6, 6.07) is 18.1. The molecule has 0 atom stereocenters. The molecule has 0 unspecified atom stereocenters. The molecular formula is C19H22NO2P. The van der Waals surface area contributed by atoms with Crippen LogP contribution < -0.4 is 15.7 Å². The van der Waals surface area contributed by atoms with Crippen LogP contribution in [0.4, 0.5) is 0 Å². The second-order valence-electron chi connectivity index (χ2n) is 7.49. The molecule has 23 heavy (non-hydrogen) atoms. The Morgan fingerprint density at radius 3 is 2.13 bits per heavy atom. The van der Waals surface area contributed by atoms with Gasteiger partial charge in [0.05, 0.1) is 0 Å². The number of benzene rings is 2. The van der Waals surface area contributed by atoms with E-state index in [-0.39, 0.29) is 16.7 Å². The Morgan fingerprint density at radius 2 is 1.52 bits per heavy atom. The molecule has 4 rings (SSSR count). The van der Waals surface area contributed by atoms with Gasteiger partial charge in [-0.15, -0.1) is 0 Å². The van der Waals surface area contributed by atoms with Crippen LogP contribution in [0.2, 0.25) is 0 Å². The van der Waals surface area contributed by atoms with Crippen LogP contribution in [0.25, 0.3) is 0 Å². The van der Waals surface area contributed by atoms with Crippen molar-refractivity contribution in [1.29, 1.82) is 0 Å². The van der Waals surface area contributed by atoms with Crippen LogP contribution in [-0.4, -0.2) is 16.7 Å². The van der Waals surface area contributed by atoms with E-state index in [0.29, 0.717) is 0 Å². The Labute approximate surface area is 137 Å². The molecule has 1 amide bonds. The van der Waals surface area contributed by atoms with Gasteiger partial charge in [-0.25, -0.2) is 0 Å². The van der Waals surface area contributed by atoms with Crippen molar-refractivity contribution in [3.8, 4) is 0 Å². The monoisotopic (exact) mass is 327 g/mol. The van der Waals surface area contributed by atoms with Gasteiger partial charge in [0.1, 0.15) is 0 Å². The SMILES string of the molecule is CC1(C)OP2(c3ccccc3)(NC(=O)c3ccccc32)C1(C)C. The van der Waals surface area contributed by atoms with Crippen LogP contribution in [-0.2, 0) is 4.52 Å². The van der Waals surface area contributed by atoms with E-state index < -0.39 is 6.98 Å². The van der Waals surface area contributed by atoms with Crippen molar-refractivity contribution >= 4 is 23.5 Å². The quantitative estimate of drug-likeness (QED) is 0.816. The summed E-state index contributed by atoms with van der Waals surface area (Å²) in [6.45, 7) is 5.42. The second kappa shape index (κ2) is 4.03. The standard InChI is InChI=1S/C19H22NO2P/c1-18(2)19(3,4)23(22-18,14-10-6-5-7-11-14)16-13-9-8-12-15(16)17(21)20-23/h5-13H,1-4H3,(H,20,21). The van der Waals surface area contributed by atoms with Crippen LogP contribution in [0.15, 0.2) is 54.6 Å². The van der Waals surface area contributed by atoms with E-state index >= 15 is 0 Å². The van der Waals surface area contributed by atoms with E-state index in [1.807, 2.05) is 36.4 Å². The van der Waals surface area contributed by atoms with E-state index in [0.717, 1.165) is 16.2 Å². The normalized spacial score (nSPS) is 26.4. The first-order chi connectivity index (χ1) is 10.8. The topological polar surface area (TPSA) is 38.3 Å². The number of rotatable bonds is 1. The molecule has 1 spiro atoms. The van der Waals surface area contributed by atoms with Crippen molar-refractivity contribution in [3.63, 3.8) is 0 Å². The zero-order chi connectivity index (χ0) is 16.5. The fourth-order valence-electron chi connectivity index (χ4n) is 4.31. The number of amides is 1. The first kappa shape index (κ1) is 14.9. The molecule has 1 saturated heterocycles. The Hall–Kier alpha value is -1.70. The van der Waals surface area contributed by atoms with Gasteiger partial charge in [0, 0.05) is 0 Å².